The Morgan fingerprint density at radius 3 is 2.58 bits per heavy atom. The number of allylic oxidation sites excluding steroid dienone is 1. The Labute approximate surface area is 233 Å². The molecule has 0 saturated carbocycles. The van der Waals surface area contributed by atoms with E-state index in [0.29, 0.717) is 28.6 Å². The van der Waals surface area contributed by atoms with Crippen molar-refractivity contribution < 1.29 is 19.0 Å². The van der Waals surface area contributed by atoms with E-state index in [-0.39, 0.29) is 12.5 Å². The second-order valence-corrected chi connectivity index (χ2v) is 9.60. The molecule has 0 radical (unpaired) electrons. The molecule has 1 saturated heterocycles. The molecule has 1 amide bonds. The van der Waals surface area contributed by atoms with Gasteiger partial charge in [-0.3, -0.25) is 4.79 Å². The van der Waals surface area contributed by atoms with Crippen molar-refractivity contribution in [2.45, 2.75) is 13.8 Å². The van der Waals surface area contributed by atoms with Crippen molar-refractivity contribution in [2.75, 3.05) is 50.2 Å². The Morgan fingerprint density at radius 1 is 1.10 bits per heavy atom. The fraction of sp³-hybridized carbons (Fsp3) is 0.258. The molecule has 2 heterocycles. The van der Waals surface area contributed by atoms with E-state index in [2.05, 4.69) is 26.3 Å². The molecule has 4 aromatic rings. The predicted octanol–water partition coefficient (Wildman–Crippen LogP) is 5.11. The molecule has 1 aliphatic heterocycles. The number of morpholine rings is 1. The number of benzene rings is 3. The highest BCUT2D eigenvalue weighted by Gasteiger charge is 2.14. The van der Waals surface area contributed by atoms with Crippen LogP contribution in [0, 0.1) is 25.2 Å². The summed E-state index contributed by atoms with van der Waals surface area (Å²) in [6.07, 6.45) is 1.73. The maximum absolute atomic E-state index is 12.5. The van der Waals surface area contributed by atoms with Crippen molar-refractivity contribution in [3.63, 3.8) is 0 Å². The van der Waals surface area contributed by atoms with Crippen LogP contribution in [0.5, 0.6) is 11.5 Å². The highest BCUT2D eigenvalue weighted by Crippen LogP contribution is 2.30. The Kier molecular flexibility index (Phi) is 7.99. The average molecular weight is 538 g/mol. The molecule has 3 aromatic carbocycles. The third-order valence-corrected chi connectivity index (χ3v) is 6.86. The summed E-state index contributed by atoms with van der Waals surface area (Å²) in [7, 11) is 1.53. The van der Waals surface area contributed by atoms with Gasteiger partial charge in [-0.2, -0.15) is 5.26 Å². The molecule has 0 spiro atoms. The second kappa shape index (κ2) is 11.9. The summed E-state index contributed by atoms with van der Waals surface area (Å²) in [5.74, 6) is 1.08. The first-order valence-corrected chi connectivity index (χ1v) is 13.1. The zero-order chi connectivity index (χ0) is 28.1. The van der Waals surface area contributed by atoms with E-state index in [0.717, 1.165) is 59.7 Å². The van der Waals surface area contributed by atoms with Gasteiger partial charge in [0.25, 0.3) is 5.91 Å². The Bertz CT molecular complexity index is 1560. The molecular formula is C31H31N5O4. The maximum Gasteiger partial charge on any atom is 0.262 e. The molecule has 1 aliphatic rings. The summed E-state index contributed by atoms with van der Waals surface area (Å²) in [6, 6.07) is 19.3. The van der Waals surface area contributed by atoms with Crippen LogP contribution in [0.3, 0.4) is 0 Å². The van der Waals surface area contributed by atoms with E-state index < -0.39 is 0 Å². The van der Waals surface area contributed by atoms with E-state index >= 15 is 0 Å². The smallest absolute Gasteiger partial charge is 0.262 e. The summed E-state index contributed by atoms with van der Waals surface area (Å²) in [6.45, 7) is 7.04. The normalized spacial score (nSPS) is 13.7. The third kappa shape index (κ3) is 6.08. The summed E-state index contributed by atoms with van der Waals surface area (Å²) >= 11 is 0. The number of anilines is 2. The molecule has 9 heteroatoms. The van der Waals surface area contributed by atoms with E-state index in [9.17, 15) is 10.1 Å². The van der Waals surface area contributed by atoms with Gasteiger partial charge in [-0.15, -0.1) is 0 Å². The summed E-state index contributed by atoms with van der Waals surface area (Å²) < 4.78 is 16.6. The molecule has 2 N–H and O–H groups in total. The van der Waals surface area contributed by atoms with Gasteiger partial charge in [0.15, 0.2) is 18.1 Å². The van der Waals surface area contributed by atoms with E-state index in [1.165, 1.54) is 7.11 Å². The van der Waals surface area contributed by atoms with Crippen LogP contribution < -0.4 is 19.7 Å². The number of imidazole rings is 1. The number of fused-ring (bicyclic) bond motifs is 1. The van der Waals surface area contributed by atoms with Crippen molar-refractivity contribution in [2.24, 2.45) is 0 Å². The number of methoxy groups -OCH3 is 1. The standard InChI is InChI=1S/C31H31N5O4/c1-20-14-26-27(15-21(20)2)35-31(34-26)23(18-32)16-22-4-9-28(29(17-22)38-3)40-19-30(37)33-24-5-7-25(8-6-24)36-10-12-39-13-11-36/h4-9,14-17H,10-13,19H2,1-3H3,(H,33,37)(H,34,35)/b23-16+. The molecule has 9 nitrogen and oxygen atoms in total. The highest BCUT2D eigenvalue weighted by atomic mass is 16.5. The van der Waals surface area contributed by atoms with E-state index in [1.807, 2.05) is 50.2 Å². The predicted molar refractivity (Wildman–Crippen MR) is 156 cm³/mol. The fourth-order valence-corrected chi connectivity index (χ4v) is 4.53. The van der Waals surface area contributed by atoms with Crippen molar-refractivity contribution in [1.82, 2.24) is 9.97 Å². The summed E-state index contributed by atoms with van der Waals surface area (Å²) in [5.41, 5.74) is 6.91. The molecule has 40 heavy (non-hydrogen) atoms. The molecule has 1 fully saturated rings. The summed E-state index contributed by atoms with van der Waals surface area (Å²) in [5, 5.41) is 12.7. The van der Waals surface area contributed by atoms with Crippen LogP contribution in [0.25, 0.3) is 22.7 Å². The van der Waals surface area contributed by atoms with Crippen molar-refractivity contribution in [3.8, 4) is 17.6 Å². The van der Waals surface area contributed by atoms with Crippen molar-refractivity contribution >= 4 is 40.0 Å². The molecular weight excluding hydrogens is 506 g/mol. The number of carbonyl (C=O) groups is 1. The van der Waals surface area contributed by atoms with Gasteiger partial charge in [-0.1, -0.05) is 6.07 Å². The number of ether oxygens (including phenoxy) is 3. The minimum atomic E-state index is -0.285. The summed E-state index contributed by atoms with van der Waals surface area (Å²) in [4.78, 5) is 22.6. The molecule has 0 bridgehead atoms. The SMILES string of the molecule is COc1cc(/C=C(\C#N)c2nc3cc(C)c(C)cc3[nH]2)ccc1OCC(=O)Nc1ccc(N2CCOCC2)cc1. The largest absolute Gasteiger partial charge is 0.493 e. The minimum Gasteiger partial charge on any atom is -0.493 e. The van der Waals surface area contributed by atoms with E-state index in [1.54, 1.807) is 24.3 Å². The van der Waals surface area contributed by atoms with Gasteiger partial charge in [0.05, 0.1) is 36.9 Å². The van der Waals surface area contributed by atoms with Crippen LogP contribution >= 0.6 is 0 Å². The topological polar surface area (TPSA) is 112 Å². The van der Waals surface area contributed by atoms with Crippen molar-refractivity contribution in [1.29, 1.82) is 5.26 Å². The Morgan fingerprint density at radius 2 is 1.85 bits per heavy atom. The van der Waals surface area contributed by atoms with Crippen LogP contribution in [0.1, 0.15) is 22.5 Å². The second-order valence-electron chi connectivity index (χ2n) is 9.60. The third-order valence-electron chi connectivity index (χ3n) is 6.86. The number of aromatic nitrogens is 2. The number of nitrogens with one attached hydrogen (secondary N) is 2. The van der Waals surface area contributed by atoms with Gasteiger partial charge in [0.1, 0.15) is 11.9 Å². The zero-order valence-corrected chi connectivity index (χ0v) is 22.8. The van der Waals surface area contributed by atoms with Crippen LogP contribution in [-0.2, 0) is 9.53 Å². The lowest BCUT2D eigenvalue weighted by Gasteiger charge is -2.28. The van der Waals surface area contributed by atoms with Crippen LogP contribution in [0.15, 0.2) is 54.6 Å². The molecule has 204 valence electrons. The molecule has 0 atom stereocenters. The Balaban J connectivity index is 1.23. The lowest BCUT2D eigenvalue weighted by molar-refractivity contribution is -0.118. The lowest BCUT2D eigenvalue weighted by Crippen LogP contribution is -2.36. The Hall–Kier alpha value is -4.81. The number of carbonyl (C=O) groups excluding carboxylic acids is 1. The maximum atomic E-state index is 12.5. The first-order valence-electron chi connectivity index (χ1n) is 13.1. The number of rotatable bonds is 8. The minimum absolute atomic E-state index is 0.183. The van der Waals surface area contributed by atoms with Crippen molar-refractivity contribution in [3.05, 3.63) is 77.1 Å². The monoisotopic (exact) mass is 537 g/mol. The number of aryl methyl sites for hydroxylation is 2. The van der Waals surface area contributed by atoms with Gasteiger partial charge >= 0.3 is 0 Å². The molecule has 0 unspecified atom stereocenters. The van der Waals surface area contributed by atoms with Crippen LogP contribution in [0.4, 0.5) is 11.4 Å². The first-order chi connectivity index (χ1) is 19.4. The number of aromatic amines is 1. The molecule has 5 rings (SSSR count). The van der Waals surface area contributed by atoms with Gasteiger partial charge < -0.3 is 29.4 Å². The van der Waals surface area contributed by atoms with Gasteiger partial charge in [0.2, 0.25) is 0 Å². The van der Waals surface area contributed by atoms with Gasteiger partial charge in [0, 0.05) is 24.5 Å². The quantitative estimate of drug-likeness (QED) is 0.301. The van der Waals surface area contributed by atoms with Gasteiger partial charge in [-0.05, 0) is 85.1 Å². The van der Waals surface area contributed by atoms with Crippen LogP contribution in [0.2, 0.25) is 0 Å². The highest BCUT2D eigenvalue weighted by molar-refractivity contribution is 5.92. The van der Waals surface area contributed by atoms with E-state index in [4.69, 9.17) is 14.2 Å². The number of amides is 1. The number of hydrogen-bond donors (Lipinski definition) is 2. The average Bonchev–Trinajstić information content (AvgIpc) is 3.38. The zero-order valence-electron chi connectivity index (χ0n) is 22.8. The number of nitrogens with zero attached hydrogens (tertiary/aromatic N) is 3. The lowest BCUT2D eigenvalue weighted by atomic mass is 10.1. The van der Waals surface area contributed by atoms with Gasteiger partial charge in [-0.25, -0.2) is 4.98 Å². The number of hydrogen-bond acceptors (Lipinski definition) is 7. The molecule has 1 aromatic heterocycles. The first kappa shape index (κ1) is 26.8. The molecule has 0 aliphatic carbocycles. The fourth-order valence-electron chi connectivity index (χ4n) is 4.53. The number of nitriles is 1. The van der Waals surface area contributed by atoms with Crippen LogP contribution in [-0.4, -0.2) is 55.9 Å². The number of H-pyrrole nitrogens is 1.